The minimum atomic E-state index is -0.471. The lowest BCUT2D eigenvalue weighted by atomic mass is 10.1. The third-order valence-corrected chi connectivity index (χ3v) is 1.80. The number of nitrogen functional groups attached to an aromatic ring is 1. The van der Waals surface area contributed by atoms with Gasteiger partial charge in [-0.3, -0.25) is 4.57 Å². The second-order valence-electron chi connectivity index (χ2n) is 3.96. The molecule has 0 saturated carbocycles. The summed E-state index contributed by atoms with van der Waals surface area (Å²) < 4.78 is 1.31. The van der Waals surface area contributed by atoms with Gasteiger partial charge in [0.15, 0.2) is 0 Å². The molecule has 0 atom stereocenters. The molecule has 0 aliphatic rings. The number of nitrogens with two attached hydrogens (primary N) is 1. The van der Waals surface area contributed by atoms with Crippen molar-refractivity contribution in [1.29, 1.82) is 5.26 Å². The van der Waals surface area contributed by atoms with Gasteiger partial charge >= 0.3 is 5.69 Å². The highest BCUT2D eigenvalue weighted by Crippen LogP contribution is 2.17. The fourth-order valence-corrected chi connectivity index (χ4v) is 1.20. The molecule has 0 aliphatic heterocycles. The molecule has 0 spiro atoms. The van der Waals surface area contributed by atoms with Gasteiger partial charge in [-0.25, -0.2) is 9.78 Å². The number of aromatic nitrogens is 2. The van der Waals surface area contributed by atoms with E-state index in [4.69, 9.17) is 11.0 Å². The summed E-state index contributed by atoms with van der Waals surface area (Å²) in [6, 6.07) is 1.89. The Bertz CT molecular complexity index is 447. The molecular formula is C9H12N4O. The predicted octanol–water partition coefficient (Wildman–Crippen LogP) is 0.452. The lowest BCUT2D eigenvalue weighted by Crippen LogP contribution is -2.37. The fourth-order valence-electron chi connectivity index (χ4n) is 1.20. The monoisotopic (exact) mass is 192 g/mol. The first kappa shape index (κ1) is 10.3. The van der Waals surface area contributed by atoms with Gasteiger partial charge in [0.2, 0.25) is 0 Å². The van der Waals surface area contributed by atoms with Gasteiger partial charge < -0.3 is 5.73 Å². The number of nitriles is 1. The van der Waals surface area contributed by atoms with Gasteiger partial charge in [0.05, 0.1) is 6.20 Å². The van der Waals surface area contributed by atoms with Crippen LogP contribution in [-0.4, -0.2) is 9.55 Å². The SMILES string of the molecule is CC(C)(C)n1c(N)c(C#N)cnc1=O. The van der Waals surface area contributed by atoms with E-state index >= 15 is 0 Å². The highest BCUT2D eigenvalue weighted by Gasteiger charge is 2.19. The number of nitrogens with zero attached hydrogens (tertiary/aromatic N) is 3. The van der Waals surface area contributed by atoms with Gasteiger partial charge in [-0.1, -0.05) is 0 Å². The summed E-state index contributed by atoms with van der Waals surface area (Å²) in [6.07, 6.45) is 1.19. The average molecular weight is 192 g/mol. The van der Waals surface area contributed by atoms with E-state index in [-0.39, 0.29) is 11.4 Å². The summed E-state index contributed by atoms with van der Waals surface area (Å²) in [5, 5.41) is 8.71. The molecule has 1 rings (SSSR count). The first-order valence-corrected chi connectivity index (χ1v) is 4.16. The maximum absolute atomic E-state index is 11.4. The van der Waals surface area contributed by atoms with E-state index in [0.29, 0.717) is 0 Å². The molecule has 0 radical (unpaired) electrons. The molecule has 14 heavy (non-hydrogen) atoms. The maximum Gasteiger partial charge on any atom is 0.349 e. The van der Waals surface area contributed by atoms with E-state index in [0.717, 1.165) is 0 Å². The number of hydrogen-bond donors (Lipinski definition) is 1. The van der Waals surface area contributed by atoms with Crippen molar-refractivity contribution < 1.29 is 0 Å². The van der Waals surface area contributed by atoms with Crippen LogP contribution in [-0.2, 0) is 5.54 Å². The lowest BCUT2D eigenvalue weighted by Gasteiger charge is -2.23. The molecule has 2 N–H and O–H groups in total. The van der Waals surface area contributed by atoms with E-state index in [1.807, 2.05) is 26.8 Å². The van der Waals surface area contributed by atoms with Crippen molar-refractivity contribution in [2.75, 3.05) is 5.73 Å². The third kappa shape index (κ3) is 1.59. The molecule has 1 aromatic rings. The van der Waals surface area contributed by atoms with Crippen molar-refractivity contribution >= 4 is 5.82 Å². The molecule has 0 aromatic carbocycles. The van der Waals surface area contributed by atoms with Crippen molar-refractivity contribution in [2.45, 2.75) is 26.3 Å². The van der Waals surface area contributed by atoms with Gasteiger partial charge in [0.1, 0.15) is 17.5 Å². The van der Waals surface area contributed by atoms with Crippen LogP contribution in [0.3, 0.4) is 0 Å². The molecule has 1 aromatic heterocycles. The topological polar surface area (TPSA) is 84.7 Å². The van der Waals surface area contributed by atoms with Gasteiger partial charge in [-0.15, -0.1) is 0 Å². The van der Waals surface area contributed by atoms with Crippen LogP contribution >= 0.6 is 0 Å². The first-order valence-electron chi connectivity index (χ1n) is 4.16. The van der Waals surface area contributed by atoms with Crippen LogP contribution in [0.4, 0.5) is 5.82 Å². The van der Waals surface area contributed by atoms with E-state index in [9.17, 15) is 4.79 Å². The van der Waals surface area contributed by atoms with Crippen LogP contribution in [0.1, 0.15) is 26.3 Å². The molecule has 0 amide bonds. The Hall–Kier alpha value is -1.83. The smallest absolute Gasteiger partial charge is 0.349 e. The van der Waals surface area contributed by atoms with Crippen molar-refractivity contribution in [3.8, 4) is 6.07 Å². The van der Waals surface area contributed by atoms with Crippen LogP contribution in [0.5, 0.6) is 0 Å². The Balaban J connectivity index is 3.59. The van der Waals surface area contributed by atoms with Gasteiger partial charge in [0.25, 0.3) is 0 Å². The number of anilines is 1. The quantitative estimate of drug-likeness (QED) is 0.646. The molecule has 0 fully saturated rings. The largest absolute Gasteiger partial charge is 0.384 e. The van der Waals surface area contributed by atoms with Crippen LogP contribution in [0.25, 0.3) is 0 Å². The van der Waals surface area contributed by atoms with E-state index < -0.39 is 11.2 Å². The second-order valence-corrected chi connectivity index (χ2v) is 3.96. The third-order valence-electron chi connectivity index (χ3n) is 1.80. The van der Waals surface area contributed by atoms with E-state index in [1.54, 1.807) is 0 Å². The molecule has 0 unspecified atom stereocenters. The van der Waals surface area contributed by atoms with Crippen molar-refractivity contribution in [3.05, 3.63) is 22.2 Å². The highest BCUT2D eigenvalue weighted by molar-refractivity contribution is 5.47. The zero-order valence-electron chi connectivity index (χ0n) is 8.40. The predicted molar refractivity (Wildman–Crippen MR) is 52.6 cm³/mol. The van der Waals surface area contributed by atoms with Gasteiger partial charge in [0, 0.05) is 5.54 Å². The molecule has 5 heteroatoms. The summed E-state index contributed by atoms with van der Waals surface area (Å²) in [4.78, 5) is 15.0. The fraction of sp³-hybridized carbons (Fsp3) is 0.444. The molecule has 74 valence electrons. The molecular weight excluding hydrogens is 180 g/mol. The Morgan fingerprint density at radius 3 is 2.57 bits per heavy atom. The Labute approximate surface area is 81.8 Å². The Morgan fingerprint density at radius 2 is 2.14 bits per heavy atom. The minimum absolute atomic E-state index is 0.167. The Morgan fingerprint density at radius 1 is 1.57 bits per heavy atom. The van der Waals surface area contributed by atoms with Crippen LogP contribution in [0.15, 0.2) is 11.0 Å². The maximum atomic E-state index is 11.4. The van der Waals surface area contributed by atoms with Gasteiger partial charge in [-0.2, -0.15) is 5.26 Å². The molecule has 1 heterocycles. The van der Waals surface area contributed by atoms with E-state index in [1.165, 1.54) is 10.8 Å². The van der Waals surface area contributed by atoms with Crippen molar-refractivity contribution in [3.63, 3.8) is 0 Å². The number of hydrogen-bond acceptors (Lipinski definition) is 4. The zero-order valence-corrected chi connectivity index (χ0v) is 8.40. The van der Waals surface area contributed by atoms with Crippen LogP contribution in [0.2, 0.25) is 0 Å². The molecule has 0 saturated heterocycles. The van der Waals surface area contributed by atoms with E-state index in [2.05, 4.69) is 4.98 Å². The zero-order chi connectivity index (χ0) is 10.9. The second kappa shape index (κ2) is 3.14. The Kier molecular flexibility index (Phi) is 2.30. The highest BCUT2D eigenvalue weighted by atomic mass is 16.1. The minimum Gasteiger partial charge on any atom is -0.384 e. The normalized spacial score (nSPS) is 11.0. The van der Waals surface area contributed by atoms with Crippen LogP contribution < -0.4 is 11.4 Å². The standard InChI is InChI=1S/C9H12N4O/c1-9(2,3)13-7(11)6(4-10)5-12-8(13)14/h5H,11H2,1-3H3. The summed E-state index contributed by atoms with van der Waals surface area (Å²) in [7, 11) is 0. The lowest BCUT2D eigenvalue weighted by molar-refractivity contribution is 0.383. The summed E-state index contributed by atoms with van der Waals surface area (Å²) in [6.45, 7) is 5.48. The van der Waals surface area contributed by atoms with Crippen LogP contribution in [0, 0.1) is 11.3 Å². The first-order chi connectivity index (χ1) is 6.38. The molecule has 0 bridgehead atoms. The summed E-state index contributed by atoms with van der Waals surface area (Å²) in [5.74, 6) is 0.167. The summed E-state index contributed by atoms with van der Waals surface area (Å²) >= 11 is 0. The average Bonchev–Trinajstić information content (AvgIpc) is 2.02. The molecule has 0 aliphatic carbocycles. The van der Waals surface area contributed by atoms with Gasteiger partial charge in [-0.05, 0) is 20.8 Å². The van der Waals surface area contributed by atoms with Crippen molar-refractivity contribution in [1.82, 2.24) is 9.55 Å². The molecule has 5 nitrogen and oxygen atoms in total. The summed E-state index contributed by atoms with van der Waals surface area (Å²) in [5.41, 5.74) is 5.00. The number of rotatable bonds is 0. The van der Waals surface area contributed by atoms with Crippen molar-refractivity contribution in [2.24, 2.45) is 0 Å².